The van der Waals surface area contributed by atoms with Crippen LogP contribution in [0.1, 0.15) is 9.67 Å². The van der Waals surface area contributed by atoms with Crippen LogP contribution in [0.2, 0.25) is 0 Å². The number of hydrogen-bond donors (Lipinski definition) is 1. The molecule has 1 aromatic rings. The quantitative estimate of drug-likeness (QED) is 0.686. The number of carbonyl (C=O) groups is 1. The normalized spacial score (nSPS) is 15.2. The van der Waals surface area contributed by atoms with E-state index in [9.17, 15) is 4.79 Å². The van der Waals surface area contributed by atoms with Crippen LogP contribution in [0.25, 0.3) is 0 Å². The monoisotopic (exact) mass is 194 g/mol. The van der Waals surface area contributed by atoms with Gasteiger partial charge in [0.1, 0.15) is 4.88 Å². The Labute approximate surface area is 80.5 Å². The Morgan fingerprint density at radius 3 is 2.69 bits per heavy atom. The molecule has 0 saturated carbocycles. The van der Waals surface area contributed by atoms with E-state index in [1.54, 1.807) is 11.0 Å². The second-order valence-corrected chi connectivity index (χ2v) is 3.80. The number of carbonyl (C=O) groups excluding carboxylic acids is 1. The Kier molecular flexibility index (Phi) is 2.06. The van der Waals surface area contributed by atoms with E-state index in [1.807, 2.05) is 17.5 Å². The average Bonchev–Trinajstić information content (AvgIpc) is 2.72. The number of nitrogens with zero attached hydrogens (tertiary/aromatic N) is 1. The van der Waals surface area contributed by atoms with Crippen molar-refractivity contribution >= 4 is 22.9 Å². The lowest BCUT2D eigenvalue weighted by atomic mass is 10.3. The lowest BCUT2D eigenvalue weighted by Crippen LogP contribution is -2.27. The molecule has 0 unspecified atom stereocenters. The van der Waals surface area contributed by atoms with E-state index in [2.05, 4.69) is 0 Å². The van der Waals surface area contributed by atoms with Crippen LogP contribution in [0.3, 0.4) is 0 Å². The lowest BCUT2D eigenvalue weighted by molar-refractivity contribution is 0.0805. The maximum atomic E-state index is 11.7. The zero-order chi connectivity index (χ0) is 9.26. The van der Waals surface area contributed by atoms with Crippen LogP contribution in [0.4, 0.5) is 5.69 Å². The minimum absolute atomic E-state index is 0.0394. The van der Waals surface area contributed by atoms with Crippen LogP contribution in [0.5, 0.6) is 0 Å². The summed E-state index contributed by atoms with van der Waals surface area (Å²) in [6, 6.07) is 1.77. The number of amides is 1. The van der Waals surface area contributed by atoms with Gasteiger partial charge in [-0.05, 0) is 11.4 Å². The van der Waals surface area contributed by atoms with Gasteiger partial charge in [-0.2, -0.15) is 0 Å². The summed E-state index contributed by atoms with van der Waals surface area (Å²) in [4.78, 5) is 14.2. The summed E-state index contributed by atoms with van der Waals surface area (Å²) in [5, 5.41) is 1.84. The molecular formula is C9H10N2OS. The van der Waals surface area contributed by atoms with Gasteiger partial charge in [-0.1, -0.05) is 12.2 Å². The Morgan fingerprint density at radius 2 is 2.15 bits per heavy atom. The number of nitrogens with two attached hydrogens (primary N) is 1. The summed E-state index contributed by atoms with van der Waals surface area (Å²) in [7, 11) is 0. The molecule has 2 rings (SSSR count). The highest BCUT2D eigenvalue weighted by Gasteiger charge is 2.19. The molecule has 1 aliphatic heterocycles. The molecule has 2 heterocycles. The second kappa shape index (κ2) is 3.22. The molecular weight excluding hydrogens is 184 g/mol. The van der Waals surface area contributed by atoms with Gasteiger partial charge in [0.25, 0.3) is 5.91 Å². The largest absolute Gasteiger partial charge is 0.397 e. The first-order valence-electron chi connectivity index (χ1n) is 4.06. The third-order valence-corrected chi connectivity index (χ3v) is 2.91. The van der Waals surface area contributed by atoms with Crippen LogP contribution >= 0.6 is 11.3 Å². The van der Waals surface area contributed by atoms with Crippen molar-refractivity contribution in [3.8, 4) is 0 Å². The molecule has 2 N–H and O–H groups in total. The first kappa shape index (κ1) is 8.31. The van der Waals surface area contributed by atoms with E-state index in [1.165, 1.54) is 11.3 Å². The molecule has 0 spiro atoms. The van der Waals surface area contributed by atoms with E-state index < -0.39 is 0 Å². The molecule has 0 bridgehead atoms. The zero-order valence-corrected chi connectivity index (χ0v) is 7.88. The smallest absolute Gasteiger partial charge is 0.266 e. The highest BCUT2D eigenvalue weighted by Crippen LogP contribution is 2.21. The fourth-order valence-corrected chi connectivity index (χ4v) is 2.07. The zero-order valence-electron chi connectivity index (χ0n) is 7.06. The Hall–Kier alpha value is -1.29. The highest BCUT2D eigenvalue weighted by atomic mass is 32.1. The van der Waals surface area contributed by atoms with Crippen molar-refractivity contribution in [1.82, 2.24) is 4.90 Å². The third kappa shape index (κ3) is 1.45. The van der Waals surface area contributed by atoms with Gasteiger partial charge in [0.05, 0.1) is 5.69 Å². The molecule has 3 nitrogen and oxygen atoms in total. The molecule has 1 aliphatic rings. The highest BCUT2D eigenvalue weighted by molar-refractivity contribution is 7.12. The summed E-state index contributed by atoms with van der Waals surface area (Å²) >= 11 is 1.40. The van der Waals surface area contributed by atoms with Crippen LogP contribution in [0, 0.1) is 0 Å². The van der Waals surface area contributed by atoms with Gasteiger partial charge in [0.15, 0.2) is 0 Å². The van der Waals surface area contributed by atoms with Gasteiger partial charge in [0.2, 0.25) is 0 Å². The molecule has 1 aromatic heterocycles. The fourth-order valence-electron chi connectivity index (χ4n) is 1.28. The predicted molar refractivity (Wildman–Crippen MR) is 53.8 cm³/mol. The van der Waals surface area contributed by atoms with Crippen molar-refractivity contribution in [3.63, 3.8) is 0 Å². The number of nitrogen functional groups attached to an aromatic ring is 1. The minimum atomic E-state index is 0.0394. The fraction of sp³-hybridized carbons (Fsp3) is 0.222. The van der Waals surface area contributed by atoms with Crippen molar-refractivity contribution in [1.29, 1.82) is 0 Å². The van der Waals surface area contributed by atoms with Gasteiger partial charge >= 0.3 is 0 Å². The molecule has 68 valence electrons. The summed E-state index contributed by atoms with van der Waals surface area (Å²) in [6.07, 6.45) is 3.98. The van der Waals surface area contributed by atoms with Gasteiger partial charge < -0.3 is 10.6 Å². The molecule has 0 radical (unpaired) electrons. The molecule has 4 heteroatoms. The molecule has 0 atom stereocenters. The van der Waals surface area contributed by atoms with Crippen molar-refractivity contribution in [2.45, 2.75) is 0 Å². The Bertz CT molecular complexity index is 348. The van der Waals surface area contributed by atoms with Crippen LogP contribution < -0.4 is 5.73 Å². The van der Waals surface area contributed by atoms with Gasteiger partial charge in [-0.25, -0.2) is 0 Å². The number of rotatable bonds is 1. The first-order valence-corrected chi connectivity index (χ1v) is 4.94. The van der Waals surface area contributed by atoms with E-state index in [0.29, 0.717) is 23.7 Å². The standard InChI is InChI=1S/C9H10N2OS/c10-7-3-6-13-8(7)9(12)11-4-1-2-5-11/h1-3,6H,4-5,10H2. The van der Waals surface area contributed by atoms with Gasteiger partial charge in [0, 0.05) is 13.1 Å². The molecule has 0 aromatic carbocycles. The Balaban J connectivity index is 2.18. The second-order valence-electron chi connectivity index (χ2n) is 2.89. The van der Waals surface area contributed by atoms with Crippen LogP contribution in [-0.4, -0.2) is 23.9 Å². The summed E-state index contributed by atoms with van der Waals surface area (Å²) in [6.45, 7) is 1.41. The van der Waals surface area contributed by atoms with Crippen molar-refractivity contribution < 1.29 is 4.79 Å². The average molecular weight is 194 g/mol. The van der Waals surface area contributed by atoms with Gasteiger partial charge in [-0.3, -0.25) is 4.79 Å². The Morgan fingerprint density at radius 1 is 1.46 bits per heavy atom. The molecule has 0 aliphatic carbocycles. The van der Waals surface area contributed by atoms with Crippen LogP contribution in [-0.2, 0) is 0 Å². The predicted octanol–water partition coefficient (Wildman–Crippen LogP) is 1.34. The first-order chi connectivity index (χ1) is 6.29. The van der Waals surface area contributed by atoms with E-state index >= 15 is 0 Å². The minimum Gasteiger partial charge on any atom is -0.397 e. The topological polar surface area (TPSA) is 46.3 Å². The van der Waals surface area contributed by atoms with E-state index in [-0.39, 0.29) is 5.91 Å². The van der Waals surface area contributed by atoms with Gasteiger partial charge in [-0.15, -0.1) is 11.3 Å². The summed E-state index contributed by atoms with van der Waals surface area (Å²) < 4.78 is 0. The van der Waals surface area contributed by atoms with Crippen molar-refractivity contribution in [2.75, 3.05) is 18.8 Å². The maximum absolute atomic E-state index is 11.7. The van der Waals surface area contributed by atoms with Crippen LogP contribution in [0.15, 0.2) is 23.6 Å². The SMILES string of the molecule is Nc1ccsc1C(=O)N1CC=CC1. The molecule has 1 amide bonds. The number of anilines is 1. The lowest BCUT2D eigenvalue weighted by Gasteiger charge is -2.14. The van der Waals surface area contributed by atoms with E-state index in [4.69, 9.17) is 5.73 Å². The summed E-state index contributed by atoms with van der Waals surface area (Å²) in [5.74, 6) is 0.0394. The van der Waals surface area contributed by atoms with Crippen molar-refractivity contribution in [2.24, 2.45) is 0 Å². The molecule has 0 fully saturated rings. The van der Waals surface area contributed by atoms with E-state index in [0.717, 1.165) is 0 Å². The number of hydrogen-bond acceptors (Lipinski definition) is 3. The summed E-state index contributed by atoms with van der Waals surface area (Å²) in [5.41, 5.74) is 6.24. The third-order valence-electron chi connectivity index (χ3n) is 2.00. The molecule has 0 saturated heterocycles. The van der Waals surface area contributed by atoms with Crippen molar-refractivity contribution in [3.05, 3.63) is 28.5 Å². The molecule has 13 heavy (non-hydrogen) atoms. The maximum Gasteiger partial charge on any atom is 0.266 e. The number of thiophene rings is 1.